The lowest BCUT2D eigenvalue weighted by molar-refractivity contribution is 0.152. The van der Waals surface area contributed by atoms with Crippen molar-refractivity contribution in [2.45, 2.75) is 19.1 Å². The van der Waals surface area contributed by atoms with Crippen molar-refractivity contribution in [3.8, 4) is 5.75 Å². The second-order valence-corrected chi connectivity index (χ2v) is 3.65. The van der Waals surface area contributed by atoms with Gasteiger partial charge in [-0.15, -0.1) is 0 Å². The number of nitrogens with two attached hydrogens (primary N) is 1. The van der Waals surface area contributed by atoms with E-state index in [0.717, 1.165) is 0 Å². The van der Waals surface area contributed by atoms with E-state index in [1.54, 1.807) is 32.2 Å². The van der Waals surface area contributed by atoms with Gasteiger partial charge in [-0.2, -0.15) is 0 Å². The number of ether oxygens (including phenoxy) is 1. The lowest BCUT2D eigenvalue weighted by Gasteiger charge is -2.09. The van der Waals surface area contributed by atoms with E-state index in [2.05, 4.69) is 4.98 Å². The van der Waals surface area contributed by atoms with Crippen molar-refractivity contribution in [3.05, 3.63) is 24.1 Å². The molecule has 0 aliphatic carbocycles. The largest absolute Gasteiger partial charge is 0.497 e. The first kappa shape index (κ1) is 10.9. The molecule has 2 unspecified atom stereocenters. The molecule has 2 aromatic rings. The molecular formula is C11H14N2O3. The van der Waals surface area contributed by atoms with Crippen LogP contribution in [0.15, 0.2) is 22.6 Å². The number of aliphatic hydroxyl groups excluding tert-OH is 1. The van der Waals surface area contributed by atoms with Crippen LogP contribution in [-0.4, -0.2) is 23.3 Å². The average molecular weight is 222 g/mol. The monoisotopic (exact) mass is 222 g/mol. The fraction of sp³-hybridized carbons (Fsp3) is 0.364. The fourth-order valence-corrected chi connectivity index (χ4v) is 1.40. The number of benzene rings is 1. The Morgan fingerprint density at radius 3 is 2.88 bits per heavy atom. The molecule has 0 aliphatic heterocycles. The van der Waals surface area contributed by atoms with Crippen molar-refractivity contribution in [1.29, 1.82) is 0 Å². The number of fused-ring (bicyclic) bond motifs is 1. The van der Waals surface area contributed by atoms with Crippen LogP contribution in [0.5, 0.6) is 5.75 Å². The second kappa shape index (κ2) is 4.11. The minimum absolute atomic E-state index is 0.332. The van der Waals surface area contributed by atoms with E-state index in [4.69, 9.17) is 14.9 Å². The van der Waals surface area contributed by atoms with Crippen LogP contribution in [-0.2, 0) is 0 Å². The van der Waals surface area contributed by atoms with E-state index in [9.17, 15) is 5.11 Å². The molecule has 2 atom stereocenters. The van der Waals surface area contributed by atoms with Crippen LogP contribution in [0.25, 0.3) is 11.1 Å². The van der Waals surface area contributed by atoms with Gasteiger partial charge in [0.2, 0.25) is 5.89 Å². The van der Waals surface area contributed by atoms with E-state index in [1.807, 2.05) is 0 Å². The Bertz CT molecular complexity index is 493. The lowest BCUT2D eigenvalue weighted by Crippen LogP contribution is -2.23. The first-order valence-corrected chi connectivity index (χ1v) is 5.00. The molecule has 1 aromatic carbocycles. The van der Waals surface area contributed by atoms with Crippen molar-refractivity contribution in [2.75, 3.05) is 7.11 Å². The number of rotatable bonds is 3. The summed E-state index contributed by atoms with van der Waals surface area (Å²) in [6.07, 6.45) is -0.699. The zero-order valence-electron chi connectivity index (χ0n) is 9.18. The number of hydrogen-bond acceptors (Lipinski definition) is 5. The number of aliphatic hydroxyl groups is 1. The van der Waals surface area contributed by atoms with Crippen LogP contribution in [0.3, 0.4) is 0 Å². The van der Waals surface area contributed by atoms with Crippen molar-refractivity contribution in [1.82, 2.24) is 4.98 Å². The third-order valence-corrected chi connectivity index (χ3v) is 2.42. The van der Waals surface area contributed by atoms with E-state index in [1.165, 1.54) is 0 Å². The molecule has 0 saturated carbocycles. The number of hydrogen-bond donors (Lipinski definition) is 2. The Hall–Kier alpha value is -1.59. The summed E-state index contributed by atoms with van der Waals surface area (Å²) in [5.41, 5.74) is 7.04. The van der Waals surface area contributed by atoms with Crippen LogP contribution in [0.1, 0.15) is 18.9 Å². The first-order chi connectivity index (χ1) is 7.61. The molecule has 3 N–H and O–H groups in total. The highest BCUT2D eigenvalue weighted by Gasteiger charge is 2.18. The molecule has 2 rings (SSSR count). The Morgan fingerprint density at radius 1 is 1.50 bits per heavy atom. The molecule has 0 amide bonds. The van der Waals surface area contributed by atoms with Gasteiger partial charge in [-0.1, -0.05) is 0 Å². The highest BCUT2D eigenvalue weighted by atomic mass is 16.5. The van der Waals surface area contributed by atoms with Gasteiger partial charge in [-0.3, -0.25) is 0 Å². The fourth-order valence-electron chi connectivity index (χ4n) is 1.40. The van der Waals surface area contributed by atoms with E-state index in [-0.39, 0.29) is 0 Å². The number of nitrogens with zero attached hydrogens (tertiary/aromatic N) is 1. The summed E-state index contributed by atoms with van der Waals surface area (Å²) in [4.78, 5) is 4.20. The van der Waals surface area contributed by atoms with Crippen LogP contribution >= 0.6 is 0 Å². The summed E-state index contributed by atoms with van der Waals surface area (Å²) in [7, 11) is 1.58. The van der Waals surface area contributed by atoms with E-state index in [0.29, 0.717) is 22.7 Å². The summed E-state index contributed by atoms with van der Waals surface area (Å²) in [5, 5.41) is 9.35. The quantitative estimate of drug-likeness (QED) is 0.815. The topological polar surface area (TPSA) is 81.5 Å². The zero-order valence-corrected chi connectivity index (χ0v) is 9.18. The molecular weight excluding hydrogens is 208 g/mol. The molecule has 0 fully saturated rings. The normalized spacial score (nSPS) is 15.0. The first-order valence-electron chi connectivity index (χ1n) is 5.00. The number of methoxy groups -OCH3 is 1. The van der Waals surface area contributed by atoms with Gasteiger partial charge in [0.15, 0.2) is 5.58 Å². The van der Waals surface area contributed by atoms with E-state index < -0.39 is 12.1 Å². The van der Waals surface area contributed by atoms with Crippen LogP contribution in [0, 0.1) is 0 Å². The third-order valence-electron chi connectivity index (χ3n) is 2.42. The summed E-state index contributed by atoms with van der Waals surface area (Å²) >= 11 is 0. The molecule has 5 nitrogen and oxygen atoms in total. The lowest BCUT2D eigenvalue weighted by atomic mass is 10.2. The minimum atomic E-state index is -0.699. The maximum absolute atomic E-state index is 9.35. The standard InChI is InChI=1S/C11H14N2O3/c1-6(14)10(12)11-13-8-4-3-7(15-2)5-9(8)16-11/h3-6,10,14H,12H2,1-2H3. The average Bonchev–Trinajstić information content (AvgIpc) is 2.69. The van der Waals surface area contributed by atoms with Crippen LogP contribution in [0.4, 0.5) is 0 Å². The van der Waals surface area contributed by atoms with Gasteiger partial charge >= 0.3 is 0 Å². The molecule has 5 heteroatoms. The summed E-state index contributed by atoms with van der Waals surface area (Å²) in [6, 6.07) is 4.71. The SMILES string of the molecule is COc1ccc2nc(C(N)C(C)O)oc2c1. The molecule has 0 radical (unpaired) electrons. The Balaban J connectivity index is 2.43. The molecule has 0 saturated heterocycles. The van der Waals surface area contributed by atoms with Crippen LogP contribution < -0.4 is 10.5 Å². The van der Waals surface area contributed by atoms with Crippen molar-refractivity contribution in [2.24, 2.45) is 5.73 Å². The highest BCUT2D eigenvalue weighted by Crippen LogP contribution is 2.24. The smallest absolute Gasteiger partial charge is 0.215 e. The molecule has 1 heterocycles. The van der Waals surface area contributed by atoms with Gasteiger partial charge in [-0.05, 0) is 19.1 Å². The number of aromatic nitrogens is 1. The molecule has 16 heavy (non-hydrogen) atoms. The maximum Gasteiger partial charge on any atom is 0.215 e. The Kier molecular flexibility index (Phi) is 2.80. The predicted molar refractivity (Wildman–Crippen MR) is 59.2 cm³/mol. The van der Waals surface area contributed by atoms with Gasteiger partial charge < -0.3 is 20.0 Å². The minimum Gasteiger partial charge on any atom is -0.497 e. The highest BCUT2D eigenvalue weighted by molar-refractivity contribution is 5.74. The van der Waals surface area contributed by atoms with Crippen molar-refractivity contribution in [3.63, 3.8) is 0 Å². The predicted octanol–water partition coefficient (Wildman–Crippen LogP) is 1.22. The Labute approximate surface area is 92.8 Å². The molecule has 86 valence electrons. The van der Waals surface area contributed by atoms with Crippen molar-refractivity contribution < 1.29 is 14.3 Å². The molecule has 0 bridgehead atoms. The van der Waals surface area contributed by atoms with Gasteiger partial charge in [0.05, 0.1) is 13.2 Å². The maximum atomic E-state index is 9.35. The van der Waals surface area contributed by atoms with E-state index >= 15 is 0 Å². The molecule has 1 aromatic heterocycles. The zero-order chi connectivity index (χ0) is 11.7. The van der Waals surface area contributed by atoms with Gasteiger partial charge in [0.25, 0.3) is 0 Å². The molecule has 0 spiro atoms. The van der Waals surface area contributed by atoms with Gasteiger partial charge in [0.1, 0.15) is 17.3 Å². The summed E-state index contributed by atoms with van der Waals surface area (Å²) in [6.45, 7) is 1.60. The number of oxazole rings is 1. The van der Waals surface area contributed by atoms with Gasteiger partial charge in [-0.25, -0.2) is 4.98 Å². The Morgan fingerprint density at radius 2 is 2.25 bits per heavy atom. The second-order valence-electron chi connectivity index (χ2n) is 3.65. The molecule has 0 aliphatic rings. The van der Waals surface area contributed by atoms with Crippen LogP contribution in [0.2, 0.25) is 0 Å². The summed E-state index contributed by atoms with van der Waals surface area (Å²) < 4.78 is 10.5. The van der Waals surface area contributed by atoms with Crippen molar-refractivity contribution >= 4 is 11.1 Å². The summed E-state index contributed by atoms with van der Waals surface area (Å²) in [5.74, 6) is 1.03. The third kappa shape index (κ3) is 1.87. The van der Waals surface area contributed by atoms with Gasteiger partial charge in [0, 0.05) is 6.07 Å².